The predicted octanol–water partition coefficient (Wildman–Crippen LogP) is 0.366. The maximum atomic E-state index is 11.9. The summed E-state index contributed by atoms with van der Waals surface area (Å²) >= 11 is 0. The predicted molar refractivity (Wildman–Crippen MR) is 66.2 cm³/mol. The maximum absolute atomic E-state index is 11.9. The number of likely N-dealkylation sites (N-methyl/N-ethyl adjacent to an activating group) is 1. The van der Waals surface area contributed by atoms with Crippen molar-refractivity contribution in [1.82, 2.24) is 9.80 Å². The Morgan fingerprint density at radius 2 is 2.00 bits per heavy atom. The highest BCUT2D eigenvalue weighted by Crippen LogP contribution is 2.09. The normalized spacial score (nSPS) is 15.7. The van der Waals surface area contributed by atoms with Crippen LogP contribution in [0.1, 0.15) is 0 Å². The molecule has 0 N–H and O–H groups in total. The number of piperazine rings is 1. The monoisotopic (exact) mass is 248 g/mol. The van der Waals surface area contributed by atoms with Gasteiger partial charge in [-0.3, -0.25) is 9.59 Å². The first-order chi connectivity index (χ1) is 8.66. The van der Waals surface area contributed by atoms with Gasteiger partial charge in [0, 0.05) is 20.1 Å². The van der Waals surface area contributed by atoms with Crippen LogP contribution in [0.3, 0.4) is 0 Å². The quantitative estimate of drug-likeness (QED) is 0.776. The van der Waals surface area contributed by atoms with Gasteiger partial charge < -0.3 is 14.5 Å². The Labute approximate surface area is 106 Å². The van der Waals surface area contributed by atoms with Crippen LogP contribution in [0.2, 0.25) is 0 Å². The van der Waals surface area contributed by atoms with E-state index in [2.05, 4.69) is 0 Å². The van der Waals surface area contributed by atoms with E-state index in [1.54, 1.807) is 24.1 Å². The van der Waals surface area contributed by atoms with E-state index in [1.165, 1.54) is 4.90 Å². The Morgan fingerprint density at radius 1 is 1.28 bits per heavy atom. The van der Waals surface area contributed by atoms with E-state index in [4.69, 9.17) is 4.74 Å². The molecular formula is C13H16N2O3. The van der Waals surface area contributed by atoms with Gasteiger partial charge in [-0.25, -0.2) is 0 Å². The number of hydrogen-bond acceptors (Lipinski definition) is 3. The second-order valence-corrected chi connectivity index (χ2v) is 4.23. The van der Waals surface area contributed by atoms with Crippen molar-refractivity contribution in [3.63, 3.8) is 0 Å². The van der Waals surface area contributed by atoms with Crippen LogP contribution in [0.5, 0.6) is 5.75 Å². The summed E-state index contributed by atoms with van der Waals surface area (Å²) in [6.07, 6.45) is 0. The van der Waals surface area contributed by atoms with Gasteiger partial charge in [0.25, 0.3) is 5.91 Å². The van der Waals surface area contributed by atoms with Crippen molar-refractivity contribution in [2.75, 3.05) is 33.3 Å². The highest BCUT2D eigenvalue weighted by molar-refractivity contribution is 5.86. The highest BCUT2D eigenvalue weighted by atomic mass is 16.5. The third-order valence-corrected chi connectivity index (χ3v) is 2.92. The molecule has 18 heavy (non-hydrogen) atoms. The van der Waals surface area contributed by atoms with E-state index in [1.807, 2.05) is 18.2 Å². The second-order valence-electron chi connectivity index (χ2n) is 4.23. The molecule has 96 valence electrons. The molecule has 1 aromatic rings. The third-order valence-electron chi connectivity index (χ3n) is 2.92. The molecule has 0 radical (unpaired) electrons. The van der Waals surface area contributed by atoms with Gasteiger partial charge in [-0.05, 0) is 12.1 Å². The minimum Gasteiger partial charge on any atom is -0.484 e. The molecule has 2 rings (SSSR count). The fourth-order valence-corrected chi connectivity index (χ4v) is 1.72. The molecule has 0 spiro atoms. The van der Waals surface area contributed by atoms with Gasteiger partial charge in [0.1, 0.15) is 5.75 Å². The minimum atomic E-state index is -0.152. The van der Waals surface area contributed by atoms with E-state index in [0.29, 0.717) is 18.8 Å². The fraction of sp³-hybridized carbons (Fsp3) is 0.385. The molecule has 1 saturated heterocycles. The Hall–Kier alpha value is -2.04. The number of rotatable bonds is 3. The van der Waals surface area contributed by atoms with Crippen molar-refractivity contribution in [2.24, 2.45) is 0 Å². The summed E-state index contributed by atoms with van der Waals surface area (Å²) in [5, 5.41) is 0. The smallest absolute Gasteiger partial charge is 0.261 e. The first kappa shape index (κ1) is 12.4. The van der Waals surface area contributed by atoms with E-state index >= 15 is 0 Å². The standard InChI is InChI=1S/C13H16N2O3/c1-14-7-8-15(9-12(14)16)13(17)10-18-11-5-3-2-4-6-11/h2-6H,7-10H2,1H3. The topological polar surface area (TPSA) is 49.9 Å². The Balaban J connectivity index is 1.83. The lowest BCUT2D eigenvalue weighted by atomic mass is 10.3. The molecule has 1 heterocycles. The van der Waals surface area contributed by atoms with Gasteiger partial charge in [0.15, 0.2) is 6.61 Å². The van der Waals surface area contributed by atoms with Gasteiger partial charge in [0.05, 0.1) is 6.54 Å². The molecular weight excluding hydrogens is 232 g/mol. The Bertz CT molecular complexity index is 433. The molecule has 1 aromatic carbocycles. The average molecular weight is 248 g/mol. The Morgan fingerprint density at radius 3 is 2.67 bits per heavy atom. The van der Waals surface area contributed by atoms with E-state index in [0.717, 1.165) is 0 Å². The van der Waals surface area contributed by atoms with Crippen LogP contribution in [-0.4, -0.2) is 54.9 Å². The van der Waals surface area contributed by atoms with Crippen LogP contribution in [0.4, 0.5) is 0 Å². The van der Waals surface area contributed by atoms with Crippen LogP contribution in [0.15, 0.2) is 30.3 Å². The summed E-state index contributed by atoms with van der Waals surface area (Å²) in [5.41, 5.74) is 0. The molecule has 1 aliphatic rings. The average Bonchev–Trinajstić information content (AvgIpc) is 2.40. The molecule has 1 fully saturated rings. The van der Waals surface area contributed by atoms with E-state index in [9.17, 15) is 9.59 Å². The lowest BCUT2D eigenvalue weighted by Gasteiger charge is -2.31. The number of ether oxygens (including phenoxy) is 1. The number of para-hydroxylation sites is 1. The number of carbonyl (C=O) groups is 2. The molecule has 1 aliphatic heterocycles. The van der Waals surface area contributed by atoms with Crippen molar-refractivity contribution >= 4 is 11.8 Å². The highest BCUT2D eigenvalue weighted by Gasteiger charge is 2.24. The van der Waals surface area contributed by atoms with Gasteiger partial charge in [-0.15, -0.1) is 0 Å². The SMILES string of the molecule is CN1CCN(C(=O)COc2ccccc2)CC1=O. The van der Waals surface area contributed by atoms with Crippen LogP contribution in [0.25, 0.3) is 0 Å². The number of carbonyl (C=O) groups excluding carboxylic acids is 2. The zero-order chi connectivity index (χ0) is 13.0. The van der Waals surface area contributed by atoms with Gasteiger partial charge in [-0.1, -0.05) is 18.2 Å². The van der Waals surface area contributed by atoms with Crippen molar-refractivity contribution < 1.29 is 14.3 Å². The van der Waals surface area contributed by atoms with E-state index < -0.39 is 0 Å². The number of hydrogen-bond donors (Lipinski definition) is 0. The lowest BCUT2D eigenvalue weighted by Crippen LogP contribution is -2.51. The first-order valence-corrected chi connectivity index (χ1v) is 5.86. The molecule has 0 atom stereocenters. The second kappa shape index (κ2) is 5.53. The van der Waals surface area contributed by atoms with E-state index in [-0.39, 0.29) is 25.0 Å². The zero-order valence-electron chi connectivity index (χ0n) is 10.3. The van der Waals surface area contributed by atoms with Crippen LogP contribution < -0.4 is 4.74 Å². The molecule has 2 amide bonds. The molecule has 5 nitrogen and oxygen atoms in total. The van der Waals surface area contributed by atoms with Crippen molar-refractivity contribution in [3.05, 3.63) is 30.3 Å². The number of amides is 2. The molecule has 0 bridgehead atoms. The summed E-state index contributed by atoms with van der Waals surface area (Å²) in [6.45, 7) is 1.27. The molecule has 0 aliphatic carbocycles. The molecule has 0 saturated carbocycles. The van der Waals surface area contributed by atoms with Gasteiger partial charge in [0.2, 0.25) is 5.91 Å². The van der Waals surface area contributed by atoms with Gasteiger partial charge >= 0.3 is 0 Å². The van der Waals surface area contributed by atoms with Crippen LogP contribution in [-0.2, 0) is 9.59 Å². The summed E-state index contributed by atoms with van der Waals surface area (Å²) in [4.78, 5) is 26.5. The van der Waals surface area contributed by atoms with Crippen molar-refractivity contribution in [1.29, 1.82) is 0 Å². The summed E-state index contributed by atoms with van der Waals surface area (Å²) in [5.74, 6) is 0.473. The summed E-state index contributed by atoms with van der Waals surface area (Å²) < 4.78 is 5.37. The maximum Gasteiger partial charge on any atom is 0.261 e. The Kier molecular flexibility index (Phi) is 3.82. The first-order valence-electron chi connectivity index (χ1n) is 5.86. The molecule has 0 aromatic heterocycles. The lowest BCUT2D eigenvalue weighted by molar-refractivity contribution is -0.145. The summed E-state index contributed by atoms with van der Waals surface area (Å²) in [6, 6.07) is 9.16. The number of nitrogens with zero attached hydrogens (tertiary/aromatic N) is 2. The fourth-order valence-electron chi connectivity index (χ4n) is 1.72. The largest absolute Gasteiger partial charge is 0.484 e. The van der Waals surface area contributed by atoms with Crippen molar-refractivity contribution in [3.8, 4) is 5.75 Å². The molecule has 5 heteroatoms. The minimum absolute atomic E-state index is 0.0268. The number of benzene rings is 1. The summed E-state index contributed by atoms with van der Waals surface area (Å²) in [7, 11) is 1.74. The zero-order valence-corrected chi connectivity index (χ0v) is 10.3. The van der Waals surface area contributed by atoms with Crippen LogP contribution in [0, 0.1) is 0 Å². The molecule has 0 unspecified atom stereocenters. The van der Waals surface area contributed by atoms with Gasteiger partial charge in [-0.2, -0.15) is 0 Å². The third kappa shape index (κ3) is 3.00. The van der Waals surface area contributed by atoms with Crippen LogP contribution >= 0.6 is 0 Å². The van der Waals surface area contributed by atoms with Crippen molar-refractivity contribution in [2.45, 2.75) is 0 Å².